The highest BCUT2D eigenvalue weighted by Gasteiger charge is 2.24. The fourth-order valence-electron chi connectivity index (χ4n) is 2.03. The number of hydrogen-bond acceptors (Lipinski definition) is 3. The summed E-state index contributed by atoms with van der Waals surface area (Å²) in [4.78, 5) is 21.5. The fraction of sp³-hybridized carbons (Fsp3) is 0.462. The van der Waals surface area contributed by atoms with Crippen LogP contribution in [0.5, 0.6) is 0 Å². The summed E-state index contributed by atoms with van der Waals surface area (Å²) in [6.07, 6.45) is 0.413. The minimum absolute atomic E-state index is 0.0610. The molecular weight excluding hydrogens is 234 g/mol. The second-order valence-corrected chi connectivity index (χ2v) is 4.52. The van der Waals surface area contributed by atoms with Crippen LogP contribution in [0.15, 0.2) is 18.2 Å². The van der Waals surface area contributed by atoms with Crippen molar-refractivity contribution in [2.24, 2.45) is 0 Å². The van der Waals surface area contributed by atoms with Crippen molar-refractivity contribution in [3.05, 3.63) is 39.4 Å². The predicted molar refractivity (Wildman–Crippen MR) is 67.9 cm³/mol. The van der Waals surface area contributed by atoms with Crippen LogP contribution in [0.4, 0.5) is 5.69 Å². The number of carbonyl (C=O) groups is 1. The lowest BCUT2D eigenvalue weighted by atomic mass is 9.87. The molecule has 0 bridgehead atoms. The monoisotopic (exact) mass is 251 g/mol. The Morgan fingerprint density at radius 3 is 2.39 bits per heavy atom. The average Bonchev–Trinajstić information content (AvgIpc) is 2.28. The van der Waals surface area contributed by atoms with E-state index >= 15 is 0 Å². The number of rotatable bonds is 5. The Morgan fingerprint density at radius 2 is 2.00 bits per heavy atom. The first-order valence-corrected chi connectivity index (χ1v) is 5.89. The molecular formula is C13H17NO4. The molecule has 0 radical (unpaired) electrons. The van der Waals surface area contributed by atoms with Crippen LogP contribution < -0.4 is 0 Å². The summed E-state index contributed by atoms with van der Waals surface area (Å²) < 4.78 is 0. The summed E-state index contributed by atoms with van der Waals surface area (Å²) in [5.74, 6) is -1.50. The van der Waals surface area contributed by atoms with Crippen molar-refractivity contribution in [2.75, 3.05) is 0 Å². The number of nitrogens with zero attached hydrogens (tertiary/aromatic N) is 1. The van der Waals surface area contributed by atoms with Crippen LogP contribution in [-0.2, 0) is 4.79 Å². The number of carboxylic acid groups (broad SMARTS) is 1. The van der Waals surface area contributed by atoms with Gasteiger partial charge >= 0.3 is 5.97 Å². The van der Waals surface area contributed by atoms with E-state index in [1.54, 1.807) is 13.0 Å². The molecule has 0 aliphatic heterocycles. The number of nitro groups is 1. The molecule has 0 saturated carbocycles. The third-order valence-electron chi connectivity index (χ3n) is 2.98. The second kappa shape index (κ2) is 5.62. The van der Waals surface area contributed by atoms with E-state index in [0.29, 0.717) is 12.0 Å². The summed E-state index contributed by atoms with van der Waals surface area (Å²) >= 11 is 0. The van der Waals surface area contributed by atoms with E-state index in [1.807, 2.05) is 13.8 Å². The van der Waals surface area contributed by atoms with Gasteiger partial charge in [0.15, 0.2) is 0 Å². The van der Waals surface area contributed by atoms with Crippen LogP contribution in [0.3, 0.4) is 0 Å². The molecule has 0 spiro atoms. The van der Waals surface area contributed by atoms with Crippen LogP contribution in [0, 0.1) is 10.1 Å². The molecule has 0 aliphatic rings. The lowest BCUT2D eigenvalue weighted by Gasteiger charge is -2.17. The van der Waals surface area contributed by atoms with Gasteiger partial charge in [-0.2, -0.15) is 0 Å². The highest BCUT2D eigenvalue weighted by Crippen LogP contribution is 2.31. The molecule has 18 heavy (non-hydrogen) atoms. The van der Waals surface area contributed by atoms with Crippen molar-refractivity contribution in [1.29, 1.82) is 0 Å². The van der Waals surface area contributed by atoms with E-state index in [2.05, 4.69) is 0 Å². The minimum Gasteiger partial charge on any atom is -0.481 e. The molecule has 1 unspecified atom stereocenters. The molecule has 0 aliphatic carbocycles. The first-order chi connectivity index (χ1) is 8.38. The van der Waals surface area contributed by atoms with Crippen molar-refractivity contribution in [3.63, 3.8) is 0 Å². The maximum absolute atomic E-state index is 11.2. The molecule has 1 aromatic carbocycles. The topological polar surface area (TPSA) is 80.4 Å². The van der Waals surface area contributed by atoms with Gasteiger partial charge in [-0.25, -0.2) is 0 Å². The summed E-state index contributed by atoms with van der Waals surface area (Å²) in [5, 5.41) is 20.0. The zero-order valence-corrected chi connectivity index (χ0v) is 10.7. The highest BCUT2D eigenvalue weighted by molar-refractivity contribution is 5.77. The first-order valence-electron chi connectivity index (χ1n) is 5.89. The van der Waals surface area contributed by atoms with Gasteiger partial charge in [0.05, 0.1) is 10.8 Å². The van der Waals surface area contributed by atoms with Gasteiger partial charge in [-0.05, 0) is 23.5 Å². The van der Waals surface area contributed by atoms with E-state index in [1.165, 1.54) is 12.1 Å². The molecule has 0 aromatic heterocycles. The van der Waals surface area contributed by atoms with Gasteiger partial charge in [0.25, 0.3) is 5.69 Å². The Labute approximate surface area is 106 Å². The summed E-state index contributed by atoms with van der Waals surface area (Å²) in [6, 6.07) is 4.47. The molecule has 0 fully saturated rings. The van der Waals surface area contributed by atoms with E-state index in [4.69, 9.17) is 0 Å². The van der Waals surface area contributed by atoms with Crippen molar-refractivity contribution in [1.82, 2.24) is 0 Å². The largest absolute Gasteiger partial charge is 0.481 e. The smallest absolute Gasteiger partial charge is 0.310 e. The molecule has 5 heteroatoms. The van der Waals surface area contributed by atoms with Gasteiger partial charge in [-0.3, -0.25) is 14.9 Å². The summed E-state index contributed by atoms with van der Waals surface area (Å²) in [7, 11) is 0. The van der Waals surface area contributed by atoms with Gasteiger partial charge in [0.2, 0.25) is 0 Å². The van der Waals surface area contributed by atoms with Crippen LogP contribution in [-0.4, -0.2) is 16.0 Å². The van der Waals surface area contributed by atoms with Crippen LogP contribution in [0.2, 0.25) is 0 Å². The normalized spacial score (nSPS) is 12.4. The molecule has 1 rings (SSSR count). The fourth-order valence-corrected chi connectivity index (χ4v) is 2.03. The number of hydrogen-bond donors (Lipinski definition) is 1. The number of carboxylic acids is 1. The van der Waals surface area contributed by atoms with E-state index in [-0.39, 0.29) is 11.6 Å². The maximum Gasteiger partial charge on any atom is 0.310 e. The Hall–Kier alpha value is -1.91. The lowest BCUT2D eigenvalue weighted by molar-refractivity contribution is -0.384. The molecule has 1 aromatic rings. The Morgan fingerprint density at radius 1 is 1.39 bits per heavy atom. The van der Waals surface area contributed by atoms with Gasteiger partial charge in [-0.15, -0.1) is 0 Å². The third kappa shape index (κ3) is 2.85. The standard InChI is InChI=1S/C13H17NO4/c1-4-10(13(15)16)12-7-9(14(17)18)5-6-11(12)8(2)3/h5-8,10H,4H2,1-3H3,(H,15,16). The van der Waals surface area contributed by atoms with Crippen molar-refractivity contribution in [2.45, 2.75) is 39.0 Å². The molecule has 1 atom stereocenters. The third-order valence-corrected chi connectivity index (χ3v) is 2.98. The Kier molecular flexibility index (Phi) is 4.42. The van der Waals surface area contributed by atoms with Gasteiger partial charge in [-0.1, -0.05) is 26.8 Å². The van der Waals surface area contributed by atoms with Gasteiger partial charge < -0.3 is 5.11 Å². The van der Waals surface area contributed by atoms with Crippen molar-refractivity contribution in [3.8, 4) is 0 Å². The van der Waals surface area contributed by atoms with E-state index < -0.39 is 16.8 Å². The second-order valence-electron chi connectivity index (χ2n) is 4.52. The lowest BCUT2D eigenvalue weighted by Crippen LogP contribution is -2.13. The molecule has 5 nitrogen and oxygen atoms in total. The maximum atomic E-state index is 11.2. The quantitative estimate of drug-likeness (QED) is 0.643. The number of non-ortho nitro benzene ring substituents is 1. The van der Waals surface area contributed by atoms with Gasteiger partial charge in [0.1, 0.15) is 0 Å². The van der Waals surface area contributed by atoms with Crippen molar-refractivity contribution < 1.29 is 14.8 Å². The van der Waals surface area contributed by atoms with E-state index in [0.717, 1.165) is 5.56 Å². The highest BCUT2D eigenvalue weighted by atomic mass is 16.6. The first kappa shape index (κ1) is 14.2. The number of aliphatic carboxylic acids is 1. The van der Waals surface area contributed by atoms with E-state index in [9.17, 15) is 20.0 Å². The molecule has 0 heterocycles. The van der Waals surface area contributed by atoms with Gasteiger partial charge in [0, 0.05) is 12.1 Å². The number of nitro benzene ring substituents is 1. The summed E-state index contributed by atoms with van der Waals surface area (Å²) in [5.41, 5.74) is 1.35. The molecule has 0 saturated heterocycles. The molecule has 1 N–H and O–H groups in total. The van der Waals surface area contributed by atoms with Crippen LogP contribution in [0.25, 0.3) is 0 Å². The zero-order chi connectivity index (χ0) is 13.9. The summed E-state index contributed by atoms with van der Waals surface area (Å²) in [6.45, 7) is 5.65. The number of benzene rings is 1. The van der Waals surface area contributed by atoms with Crippen LogP contribution >= 0.6 is 0 Å². The predicted octanol–water partition coefficient (Wildman–Crippen LogP) is 3.30. The zero-order valence-electron chi connectivity index (χ0n) is 10.7. The molecule has 0 amide bonds. The SMILES string of the molecule is CCC(C(=O)O)c1cc([N+](=O)[O-])ccc1C(C)C. The van der Waals surface area contributed by atoms with Crippen molar-refractivity contribution >= 4 is 11.7 Å². The van der Waals surface area contributed by atoms with Crippen LogP contribution in [0.1, 0.15) is 50.2 Å². The molecule has 98 valence electrons. The Balaban J connectivity index is 3.39. The average molecular weight is 251 g/mol. The Bertz CT molecular complexity index is 468. The minimum atomic E-state index is -0.945.